The number of amides is 2. The van der Waals surface area contributed by atoms with Crippen LogP contribution in [0, 0.1) is 0 Å². The fraction of sp³-hybridized carbons (Fsp3) is 0.333. The number of nitrogens with one attached hydrogen (secondary N) is 1. The van der Waals surface area contributed by atoms with Crippen molar-refractivity contribution in [3.05, 3.63) is 53.9 Å². The summed E-state index contributed by atoms with van der Waals surface area (Å²) in [7, 11) is 1.51. The molecule has 166 valence electrons. The zero-order chi connectivity index (χ0) is 22.6. The predicted molar refractivity (Wildman–Crippen MR) is 117 cm³/mol. The van der Waals surface area contributed by atoms with E-state index in [-0.39, 0.29) is 5.96 Å². The number of benzene rings is 1. The van der Waals surface area contributed by atoms with Gasteiger partial charge in [0, 0.05) is 30.4 Å². The number of hydrogen-bond acceptors (Lipinski definition) is 6. The van der Waals surface area contributed by atoms with Crippen LogP contribution in [0.3, 0.4) is 0 Å². The Morgan fingerprint density at radius 1 is 1.16 bits per heavy atom. The zero-order valence-electron chi connectivity index (χ0n) is 17.4. The Morgan fingerprint density at radius 3 is 2.61 bits per heavy atom. The van der Waals surface area contributed by atoms with Gasteiger partial charge in [-0.15, -0.1) is 0 Å². The summed E-state index contributed by atoms with van der Waals surface area (Å²) in [6, 6.07) is 9.57. The number of aliphatic imine (C=N–C) groups is 1. The summed E-state index contributed by atoms with van der Waals surface area (Å²) in [5.74, 6) is -0.231. The number of guanidine groups is 1. The summed E-state index contributed by atoms with van der Waals surface area (Å²) < 4.78 is 11.1. The van der Waals surface area contributed by atoms with Crippen LogP contribution in [0.25, 0.3) is 0 Å². The summed E-state index contributed by atoms with van der Waals surface area (Å²) in [5, 5.41) is 2.64. The van der Waals surface area contributed by atoms with Gasteiger partial charge in [0.1, 0.15) is 6.04 Å². The largest absolute Gasteiger partial charge is 0.493 e. The standard InChI is InChI=1S/C21H28N6O4/c1-30-17-8-7-14(13-18(17)31-12-9-15-5-2-3-10-25-15)20(29)27-16(19(22)28)6-4-11-26-21(23)24/h2-3,5,7-8,10,13,16H,4,6,9,11-12H2,1H3,(H2,22,28)(H,27,29)(H4,23,24,26)/t16-/m0/s1. The van der Waals surface area contributed by atoms with E-state index in [9.17, 15) is 9.59 Å². The Labute approximate surface area is 180 Å². The number of carbonyl (C=O) groups excluding carboxylic acids is 2. The van der Waals surface area contributed by atoms with Crippen LogP contribution in [-0.2, 0) is 11.2 Å². The van der Waals surface area contributed by atoms with E-state index < -0.39 is 17.9 Å². The molecule has 7 N–H and O–H groups in total. The van der Waals surface area contributed by atoms with Gasteiger partial charge in [-0.05, 0) is 43.2 Å². The molecule has 10 heteroatoms. The first-order chi connectivity index (χ1) is 14.9. The van der Waals surface area contributed by atoms with Crippen molar-refractivity contribution in [2.75, 3.05) is 20.3 Å². The fourth-order valence-corrected chi connectivity index (χ4v) is 2.77. The SMILES string of the molecule is COc1ccc(C(=O)N[C@@H](CCCN=C(N)N)C(N)=O)cc1OCCc1ccccn1. The second-order valence-electron chi connectivity index (χ2n) is 6.66. The summed E-state index contributed by atoms with van der Waals surface area (Å²) in [6.07, 6.45) is 3.10. The van der Waals surface area contributed by atoms with Crippen molar-refractivity contribution in [1.29, 1.82) is 0 Å². The smallest absolute Gasteiger partial charge is 0.252 e. The molecule has 0 radical (unpaired) electrons. The van der Waals surface area contributed by atoms with E-state index >= 15 is 0 Å². The van der Waals surface area contributed by atoms with E-state index in [0.717, 1.165) is 5.69 Å². The molecule has 0 aliphatic rings. The monoisotopic (exact) mass is 428 g/mol. The second kappa shape index (κ2) is 12.0. The van der Waals surface area contributed by atoms with Crippen LogP contribution in [0.1, 0.15) is 28.9 Å². The van der Waals surface area contributed by atoms with E-state index in [0.29, 0.717) is 49.5 Å². The molecular formula is C21H28N6O4. The molecule has 0 fully saturated rings. The van der Waals surface area contributed by atoms with Crippen molar-refractivity contribution in [3.63, 3.8) is 0 Å². The maximum Gasteiger partial charge on any atom is 0.252 e. The van der Waals surface area contributed by atoms with Gasteiger partial charge in [0.05, 0.1) is 13.7 Å². The Morgan fingerprint density at radius 2 is 1.97 bits per heavy atom. The second-order valence-corrected chi connectivity index (χ2v) is 6.66. The van der Waals surface area contributed by atoms with Crippen LogP contribution in [0.5, 0.6) is 11.5 Å². The van der Waals surface area contributed by atoms with Gasteiger partial charge in [-0.25, -0.2) is 0 Å². The fourth-order valence-electron chi connectivity index (χ4n) is 2.77. The average molecular weight is 428 g/mol. The minimum absolute atomic E-state index is 0.0338. The van der Waals surface area contributed by atoms with E-state index in [1.165, 1.54) is 7.11 Å². The maximum absolute atomic E-state index is 12.7. The third kappa shape index (κ3) is 7.84. The molecule has 0 spiro atoms. The first-order valence-electron chi connectivity index (χ1n) is 9.77. The van der Waals surface area contributed by atoms with Crippen LogP contribution < -0.4 is 32.0 Å². The molecule has 2 rings (SSSR count). The Bertz CT molecular complexity index is 900. The molecule has 0 unspecified atom stereocenters. The minimum atomic E-state index is -0.850. The van der Waals surface area contributed by atoms with Gasteiger partial charge >= 0.3 is 0 Å². The van der Waals surface area contributed by atoms with Crippen molar-refractivity contribution in [3.8, 4) is 11.5 Å². The molecule has 0 saturated heterocycles. The molecule has 1 atom stereocenters. The van der Waals surface area contributed by atoms with Gasteiger partial charge in [0.25, 0.3) is 5.91 Å². The first-order valence-corrected chi connectivity index (χ1v) is 9.77. The third-order valence-electron chi connectivity index (χ3n) is 4.36. The van der Waals surface area contributed by atoms with Gasteiger partial charge in [-0.2, -0.15) is 0 Å². The van der Waals surface area contributed by atoms with E-state index in [2.05, 4.69) is 15.3 Å². The normalized spacial score (nSPS) is 11.3. The number of nitrogens with zero attached hydrogens (tertiary/aromatic N) is 2. The minimum Gasteiger partial charge on any atom is -0.493 e. The predicted octanol–water partition coefficient (Wildman–Crippen LogP) is 0.349. The van der Waals surface area contributed by atoms with Crippen molar-refractivity contribution >= 4 is 17.8 Å². The van der Waals surface area contributed by atoms with Crippen LogP contribution in [0.2, 0.25) is 0 Å². The van der Waals surface area contributed by atoms with Crippen LogP contribution in [0.15, 0.2) is 47.6 Å². The first kappa shape index (κ1) is 23.5. The molecule has 1 heterocycles. The highest BCUT2D eigenvalue weighted by Crippen LogP contribution is 2.28. The number of rotatable bonds is 12. The summed E-state index contributed by atoms with van der Waals surface area (Å²) in [4.78, 5) is 32.5. The molecule has 0 bridgehead atoms. The lowest BCUT2D eigenvalue weighted by atomic mass is 10.1. The number of hydrogen-bond donors (Lipinski definition) is 4. The summed E-state index contributed by atoms with van der Waals surface area (Å²) in [5.41, 5.74) is 17.2. The molecule has 31 heavy (non-hydrogen) atoms. The van der Waals surface area contributed by atoms with E-state index in [1.807, 2.05) is 18.2 Å². The van der Waals surface area contributed by atoms with Gasteiger partial charge in [0.2, 0.25) is 5.91 Å². The third-order valence-corrected chi connectivity index (χ3v) is 4.36. The number of nitrogens with two attached hydrogens (primary N) is 3. The topological polar surface area (TPSA) is 168 Å². The molecule has 1 aromatic carbocycles. The molecule has 0 aliphatic carbocycles. The zero-order valence-corrected chi connectivity index (χ0v) is 17.4. The van der Waals surface area contributed by atoms with E-state index in [1.54, 1.807) is 24.4 Å². The molecule has 2 aromatic rings. The van der Waals surface area contributed by atoms with Crippen molar-refractivity contribution in [2.45, 2.75) is 25.3 Å². The molecule has 1 aromatic heterocycles. The Kier molecular flexibility index (Phi) is 9.09. The lowest BCUT2D eigenvalue weighted by Gasteiger charge is -2.16. The lowest BCUT2D eigenvalue weighted by Crippen LogP contribution is -2.44. The van der Waals surface area contributed by atoms with Crippen molar-refractivity contribution < 1.29 is 19.1 Å². The van der Waals surface area contributed by atoms with Crippen molar-refractivity contribution in [1.82, 2.24) is 10.3 Å². The van der Waals surface area contributed by atoms with Gasteiger partial charge in [-0.1, -0.05) is 6.07 Å². The quantitative estimate of drug-likeness (QED) is 0.215. The highest BCUT2D eigenvalue weighted by Gasteiger charge is 2.19. The Balaban J connectivity index is 2.01. The highest BCUT2D eigenvalue weighted by atomic mass is 16.5. The Hall–Kier alpha value is -3.82. The molecule has 10 nitrogen and oxygen atoms in total. The number of primary amides is 1. The van der Waals surface area contributed by atoms with Crippen molar-refractivity contribution in [2.24, 2.45) is 22.2 Å². The summed E-state index contributed by atoms with van der Waals surface area (Å²) >= 11 is 0. The number of aromatic nitrogens is 1. The number of carbonyl (C=O) groups is 2. The molecule has 0 saturated carbocycles. The van der Waals surface area contributed by atoms with Crippen LogP contribution >= 0.6 is 0 Å². The van der Waals surface area contributed by atoms with Gasteiger partial charge in [0.15, 0.2) is 17.5 Å². The number of ether oxygens (including phenoxy) is 2. The average Bonchev–Trinajstić information content (AvgIpc) is 2.76. The van der Waals surface area contributed by atoms with Gasteiger partial charge in [-0.3, -0.25) is 19.6 Å². The van der Waals surface area contributed by atoms with Gasteiger partial charge < -0.3 is 32.0 Å². The van der Waals surface area contributed by atoms with E-state index in [4.69, 9.17) is 26.7 Å². The molecule has 2 amide bonds. The maximum atomic E-state index is 12.7. The molecule has 0 aliphatic heterocycles. The summed E-state index contributed by atoms with van der Waals surface area (Å²) in [6.45, 7) is 0.686. The van der Waals surface area contributed by atoms with Crippen LogP contribution in [0.4, 0.5) is 0 Å². The van der Waals surface area contributed by atoms with Crippen LogP contribution in [-0.4, -0.2) is 49.1 Å². The number of pyridine rings is 1. The number of methoxy groups -OCH3 is 1. The lowest BCUT2D eigenvalue weighted by molar-refractivity contribution is -0.120. The highest BCUT2D eigenvalue weighted by molar-refractivity contribution is 5.97. The molecular weight excluding hydrogens is 400 g/mol.